The Morgan fingerprint density at radius 2 is 2.00 bits per heavy atom. The smallest absolute Gasteiger partial charge is 0.324 e. The molecule has 1 unspecified atom stereocenters. The molecule has 7 heteroatoms. The zero-order chi connectivity index (χ0) is 16.1. The van der Waals surface area contributed by atoms with Crippen LogP contribution in [0.25, 0.3) is 0 Å². The molecule has 118 valence electrons. The third kappa shape index (κ3) is 3.75. The summed E-state index contributed by atoms with van der Waals surface area (Å²) in [6, 6.07) is 7.43. The van der Waals surface area contributed by atoms with E-state index in [1.807, 2.05) is 25.1 Å². The van der Waals surface area contributed by atoms with Gasteiger partial charge in [-0.2, -0.15) is 0 Å². The molecule has 0 fully saturated rings. The molecule has 0 aliphatic heterocycles. The van der Waals surface area contributed by atoms with Gasteiger partial charge in [0.15, 0.2) is 11.5 Å². The molecule has 0 radical (unpaired) electrons. The Morgan fingerprint density at radius 1 is 1.27 bits per heavy atom. The van der Waals surface area contributed by atoms with Crippen LogP contribution in [0.5, 0.6) is 11.5 Å². The van der Waals surface area contributed by atoms with Crippen molar-refractivity contribution in [3.8, 4) is 11.5 Å². The van der Waals surface area contributed by atoms with E-state index in [9.17, 15) is 10.1 Å². The maximum absolute atomic E-state index is 10.7. The summed E-state index contributed by atoms with van der Waals surface area (Å²) in [6.45, 7) is 2.60. The van der Waals surface area contributed by atoms with Gasteiger partial charge in [0.2, 0.25) is 0 Å². The fourth-order valence-electron chi connectivity index (χ4n) is 2.06. The molecule has 0 saturated heterocycles. The van der Waals surface area contributed by atoms with Crippen LogP contribution in [0.4, 0.5) is 5.00 Å². The summed E-state index contributed by atoms with van der Waals surface area (Å²) >= 11 is 1.14. The molecule has 1 aromatic carbocycles. The first kappa shape index (κ1) is 16.3. The maximum Gasteiger partial charge on any atom is 0.324 e. The molecular formula is C15H18N2O4S. The number of nitrogens with one attached hydrogen (secondary N) is 1. The first-order valence-electron chi connectivity index (χ1n) is 6.72. The quantitative estimate of drug-likeness (QED) is 0.623. The summed E-state index contributed by atoms with van der Waals surface area (Å²) < 4.78 is 10.5. The number of rotatable bonds is 7. The monoisotopic (exact) mass is 322 g/mol. The topological polar surface area (TPSA) is 73.6 Å². The highest BCUT2D eigenvalue weighted by atomic mass is 32.1. The fourth-order valence-corrected chi connectivity index (χ4v) is 2.79. The number of nitrogens with zero attached hydrogens (tertiary/aromatic N) is 1. The van der Waals surface area contributed by atoms with Crippen LogP contribution < -0.4 is 14.8 Å². The summed E-state index contributed by atoms with van der Waals surface area (Å²) in [5, 5.41) is 16.0. The predicted octanol–water partition coefficient (Wildman–Crippen LogP) is 3.52. The molecule has 2 rings (SSSR count). The van der Waals surface area contributed by atoms with E-state index in [4.69, 9.17) is 9.47 Å². The van der Waals surface area contributed by atoms with E-state index in [1.54, 1.807) is 25.7 Å². The van der Waals surface area contributed by atoms with Gasteiger partial charge in [-0.15, -0.1) is 0 Å². The Kier molecular flexibility index (Phi) is 5.35. The fraction of sp³-hybridized carbons (Fsp3) is 0.333. The zero-order valence-corrected chi connectivity index (χ0v) is 13.5. The van der Waals surface area contributed by atoms with Gasteiger partial charge in [0.05, 0.1) is 19.1 Å². The molecule has 2 aromatic rings. The highest BCUT2D eigenvalue weighted by Gasteiger charge is 2.12. The van der Waals surface area contributed by atoms with E-state index in [-0.39, 0.29) is 16.0 Å². The normalized spacial score (nSPS) is 12.0. The molecule has 0 spiro atoms. The number of methoxy groups -OCH3 is 2. The van der Waals surface area contributed by atoms with Gasteiger partial charge in [-0.1, -0.05) is 17.4 Å². The third-order valence-corrected chi connectivity index (χ3v) is 4.27. The van der Waals surface area contributed by atoms with Gasteiger partial charge in [0, 0.05) is 24.0 Å². The molecule has 0 saturated carbocycles. The minimum Gasteiger partial charge on any atom is -0.493 e. The van der Waals surface area contributed by atoms with Gasteiger partial charge in [-0.25, -0.2) is 0 Å². The Hall–Kier alpha value is -2.12. The summed E-state index contributed by atoms with van der Waals surface area (Å²) in [7, 11) is 3.20. The minimum atomic E-state index is -0.369. The lowest BCUT2D eigenvalue weighted by Gasteiger charge is -2.16. The standard InChI is InChI=1S/C15H18N2O4S/c1-10(12-4-5-13(20-2)14(7-12)21-3)16-8-11-6-15(17(18)19)22-9-11/h4-7,9-10,16H,8H2,1-3H3. The molecule has 22 heavy (non-hydrogen) atoms. The van der Waals surface area contributed by atoms with Crippen molar-refractivity contribution in [1.82, 2.24) is 5.32 Å². The average Bonchev–Trinajstić information content (AvgIpc) is 3.01. The van der Waals surface area contributed by atoms with Gasteiger partial charge >= 0.3 is 5.00 Å². The number of benzene rings is 1. The zero-order valence-electron chi connectivity index (χ0n) is 12.7. The lowest BCUT2D eigenvalue weighted by atomic mass is 10.1. The van der Waals surface area contributed by atoms with E-state index in [0.717, 1.165) is 22.5 Å². The van der Waals surface area contributed by atoms with E-state index >= 15 is 0 Å². The van der Waals surface area contributed by atoms with Crippen molar-refractivity contribution in [3.63, 3.8) is 0 Å². The van der Waals surface area contributed by atoms with Crippen LogP contribution in [0.15, 0.2) is 29.6 Å². The van der Waals surface area contributed by atoms with Crippen LogP contribution in [0.1, 0.15) is 24.1 Å². The van der Waals surface area contributed by atoms with Crippen molar-refractivity contribution in [2.24, 2.45) is 0 Å². The second-order valence-electron chi connectivity index (χ2n) is 4.77. The molecule has 1 atom stereocenters. The number of thiophene rings is 1. The van der Waals surface area contributed by atoms with Gasteiger partial charge in [-0.3, -0.25) is 10.1 Å². The maximum atomic E-state index is 10.7. The molecule has 0 aliphatic rings. The van der Waals surface area contributed by atoms with E-state index < -0.39 is 0 Å². The van der Waals surface area contributed by atoms with E-state index in [1.165, 1.54) is 0 Å². The van der Waals surface area contributed by atoms with Gasteiger partial charge in [0.1, 0.15) is 0 Å². The molecule has 0 bridgehead atoms. The number of hydrogen-bond acceptors (Lipinski definition) is 6. The molecule has 6 nitrogen and oxygen atoms in total. The van der Waals surface area contributed by atoms with Crippen LogP contribution >= 0.6 is 11.3 Å². The van der Waals surface area contributed by atoms with Crippen molar-refractivity contribution in [3.05, 3.63) is 50.9 Å². The van der Waals surface area contributed by atoms with Gasteiger partial charge < -0.3 is 14.8 Å². The Bertz CT molecular complexity index is 657. The molecule has 1 N–H and O–H groups in total. The first-order valence-corrected chi connectivity index (χ1v) is 7.60. The average molecular weight is 322 g/mol. The van der Waals surface area contributed by atoms with Crippen LogP contribution in [-0.2, 0) is 6.54 Å². The number of nitro groups is 1. The molecular weight excluding hydrogens is 304 g/mol. The van der Waals surface area contributed by atoms with Crippen LogP contribution in [0, 0.1) is 10.1 Å². The highest BCUT2D eigenvalue weighted by molar-refractivity contribution is 7.13. The third-order valence-electron chi connectivity index (χ3n) is 3.34. The first-order chi connectivity index (χ1) is 10.5. The Labute approximate surface area is 132 Å². The molecule has 1 aromatic heterocycles. The SMILES string of the molecule is COc1ccc(C(C)NCc2csc([N+](=O)[O-])c2)cc1OC. The predicted molar refractivity (Wildman–Crippen MR) is 85.8 cm³/mol. The molecule has 0 aliphatic carbocycles. The van der Waals surface area contributed by atoms with E-state index in [2.05, 4.69) is 5.32 Å². The second-order valence-corrected chi connectivity index (χ2v) is 5.66. The van der Waals surface area contributed by atoms with Gasteiger partial charge in [0.25, 0.3) is 0 Å². The Balaban J connectivity index is 2.02. The van der Waals surface area contributed by atoms with Crippen molar-refractivity contribution in [1.29, 1.82) is 0 Å². The minimum absolute atomic E-state index is 0.0822. The van der Waals surface area contributed by atoms with Crippen molar-refractivity contribution >= 4 is 16.3 Å². The van der Waals surface area contributed by atoms with Crippen LogP contribution in [0.3, 0.4) is 0 Å². The van der Waals surface area contributed by atoms with Crippen LogP contribution in [-0.4, -0.2) is 19.1 Å². The van der Waals surface area contributed by atoms with E-state index in [0.29, 0.717) is 18.0 Å². The lowest BCUT2D eigenvalue weighted by molar-refractivity contribution is -0.380. The van der Waals surface area contributed by atoms with Crippen molar-refractivity contribution in [2.75, 3.05) is 14.2 Å². The van der Waals surface area contributed by atoms with Crippen molar-refractivity contribution < 1.29 is 14.4 Å². The number of hydrogen-bond donors (Lipinski definition) is 1. The lowest BCUT2D eigenvalue weighted by Crippen LogP contribution is -2.17. The second kappa shape index (κ2) is 7.24. The van der Waals surface area contributed by atoms with Crippen LogP contribution in [0.2, 0.25) is 0 Å². The Morgan fingerprint density at radius 3 is 2.59 bits per heavy atom. The summed E-state index contributed by atoms with van der Waals surface area (Å²) in [4.78, 5) is 10.3. The summed E-state index contributed by atoms with van der Waals surface area (Å²) in [5.41, 5.74) is 1.96. The number of ether oxygens (including phenoxy) is 2. The highest BCUT2D eigenvalue weighted by Crippen LogP contribution is 2.30. The largest absolute Gasteiger partial charge is 0.493 e. The summed E-state index contributed by atoms with van der Waals surface area (Å²) in [5.74, 6) is 1.37. The molecule has 1 heterocycles. The van der Waals surface area contributed by atoms with Crippen molar-refractivity contribution in [2.45, 2.75) is 19.5 Å². The van der Waals surface area contributed by atoms with Gasteiger partial charge in [-0.05, 0) is 30.2 Å². The summed E-state index contributed by atoms with van der Waals surface area (Å²) in [6.07, 6.45) is 0. The molecule has 0 amide bonds.